The van der Waals surface area contributed by atoms with Crippen LogP contribution >= 0.6 is 0 Å². The molecule has 19 heavy (non-hydrogen) atoms. The third-order valence-electron chi connectivity index (χ3n) is 3.85. The van der Waals surface area contributed by atoms with Gasteiger partial charge in [-0.25, -0.2) is 0 Å². The first-order chi connectivity index (χ1) is 9.15. The van der Waals surface area contributed by atoms with Crippen molar-refractivity contribution >= 4 is 0 Å². The molecule has 1 saturated heterocycles. The molecule has 106 valence electrons. The summed E-state index contributed by atoms with van der Waals surface area (Å²) in [4.78, 5) is 2.53. The lowest BCUT2D eigenvalue weighted by molar-refractivity contribution is -0.0686. The van der Waals surface area contributed by atoms with Crippen molar-refractivity contribution in [2.45, 2.75) is 32.9 Å². The van der Waals surface area contributed by atoms with Crippen LogP contribution in [0, 0.1) is 13.8 Å². The van der Waals surface area contributed by atoms with Crippen molar-refractivity contribution in [3.8, 4) is 0 Å². The molecule has 0 bridgehead atoms. The second kappa shape index (κ2) is 6.51. The quantitative estimate of drug-likeness (QED) is 0.901. The maximum atomic E-state index is 5.99. The molecule has 3 heteroatoms. The molecule has 1 N–H and O–H groups in total. The Kier molecular flexibility index (Phi) is 4.97. The second-order valence-electron chi connectivity index (χ2n) is 5.46. The third-order valence-corrected chi connectivity index (χ3v) is 3.85. The lowest BCUT2D eigenvalue weighted by Gasteiger charge is -2.41. The fourth-order valence-corrected chi connectivity index (χ4v) is 3.12. The topological polar surface area (TPSA) is 24.5 Å². The summed E-state index contributed by atoms with van der Waals surface area (Å²) in [5, 5.41) is 3.26. The van der Waals surface area contributed by atoms with Crippen LogP contribution in [-0.2, 0) is 4.74 Å². The Morgan fingerprint density at radius 3 is 2.53 bits per heavy atom. The molecular weight excluding hydrogens is 236 g/mol. The van der Waals surface area contributed by atoms with E-state index in [1.807, 2.05) is 7.05 Å². The highest BCUT2D eigenvalue weighted by molar-refractivity contribution is 5.31. The SMILES string of the molecule is CCN1CCOC(CNC)C1c1cc(C)cc(C)c1. The average molecular weight is 262 g/mol. The Hall–Kier alpha value is -0.900. The highest BCUT2D eigenvalue weighted by Gasteiger charge is 2.32. The molecule has 0 amide bonds. The van der Waals surface area contributed by atoms with Crippen molar-refractivity contribution in [2.24, 2.45) is 0 Å². The van der Waals surface area contributed by atoms with E-state index < -0.39 is 0 Å². The van der Waals surface area contributed by atoms with Gasteiger partial charge in [-0.1, -0.05) is 36.2 Å². The van der Waals surface area contributed by atoms with Crippen LogP contribution in [-0.4, -0.2) is 44.3 Å². The number of nitrogens with one attached hydrogen (secondary N) is 1. The molecule has 0 saturated carbocycles. The Bertz CT molecular complexity index is 397. The molecule has 0 aromatic heterocycles. The maximum absolute atomic E-state index is 5.99. The smallest absolute Gasteiger partial charge is 0.0896 e. The van der Waals surface area contributed by atoms with Gasteiger partial charge in [0, 0.05) is 13.1 Å². The summed E-state index contributed by atoms with van der Waals surface area (Å²) in [5.41, 5.74) is 4.05. The summed E-state index contributed by atoms with van der Waals surface area (Å²) in [7, 11) is 1.99. The first-order valence-electron chi connectivity index (χ1n) is 7.24. The highest BCUT2D eigenvalue weighted by Crippen LogP contribution is 2.30. The standard InChI is InChI=1S/C16H26N2O/c1-5-18-6-7-19-15(11-17-4)16(18)14-9-12(2)8-13(3)10-14/h8-10,15-17H,5-7,11H2,1-4H3. The van der Waals surface area contributed by atoms with Gasteiger partial charge in [0.1, 0.15) is 0 Å². The summed E-state index contributed by atoms with van der Waals surface area (Å²) < 4.78 is 5.99. The molecule has 1 aromatic rings. The van der Waals surface area contributed by atoms with Crippen LogP contribution in [0.5, 0.6) is 0 Å². The van der Waals surface area contributed by atoms with Crippen LogP contribution in [0.2, 0.25) is 0 Å². The van der Waals surface area contributed by atoms with Gasteiger partial charge in [-0.2, -0.15) is 0 Å². The number of aryl methyl sites for hydroxylation is 2. The molecule has 1 heterocycles. The number of rotatable bonds is 4. The predicted octanol–water partition coefficient (Wildman–Crippen LogP) is 2.28. The van der Waals surface area contributed by atoms with Gasteiger partial charge in [-0.3, -0.25) is 4.90 Å². The molecule has 1 aliphatic rings. The zero-order valence-corrected chi connectivity index (χ0v) is 12.6. The Balaban J connectivity index is 2.33. The van der Waals surface area contributed by atoms with Gasteiger partial charge in [-0.15, -0.1) is 0 Å². The Morgan fingerprint density at radius 2 is 1.95 bits per heavy atom. The molecule has 3 nitrogen and oxygen atoms in total. The van der Waals surface area contributed by atoms with E-state index in [2.05, 4.69) is 49.2 Å². The minimum atomic E-state index is 0.236. The summed E-state index contributed by atoms with van der Waals surface area (Å²) in [6.07, 6.45) is 0.236. The van der Waals surface area contributed by atoms with E-state index in [0.29, 0.717) is 6.04 Å². The number of ether oxygens (including phenoxy) is 1. The number of hydrogen-bond acceptors (Lipinski definition) is 3. The van der Waals surface area contributed by atoms with E-state index in [9.17, 15) is 0 Å². The van der Waals surface area contributed by atoms with Gasteiger partial charge in [0.15, 0.2) is 0 Å². The minimum Gasteiger partial charge on any atom is -0.374 e. The van der Waals surface area contributed by atoms with E-state index in [4.69, 9.17) is 4.74 Å². The van der Waals surface area contributed by atoms with E-state index in [-0.39, 0.29) is 6.10 Å². The second-order valence-corrected chi connectivity index (χ2v) is 5.46. The van der Waals surface area contributed by atoms with Crippen LogP contribution in [0.4, 0.5) is 0 Å². The molecule has 2 atom stereocenters. The van der Waals surface area contributed by atoms with Crippen LogP contribution in [0.15, 0.2) is 18.2 Å². The van der Waals surface area contributed by atoms with Crippen molar-refractivity contribution in [2.75, 3.05) is 33.3 Å². The third kappa shape index (κ3) is 3.35. The first kappa shape index (κ1) is 14.5. The molecule has 0 radical (unpaired) electrons. The summed E-state index contributed by atoms with van der Waals surface area (Å²) >= 11 is 0. The van der Waals surface area contributed by atoms with Crippen LogP contribution in [0.25, 0.3) is 0 Å². The normalized spacial score (nSPS) is 24.6. The number of benzene rings is 1. The predicted molar refractivity (Wildman–Crippen MR) is 79.6 cm³/mol. The van der Waals surface area contributed by atoms with Crippen molar-refractivity contribution in [3.63, 3.8) is 0 Å². The van der Waals surface area contributed by atoms with Crippen LogP contribution in [0.1, 0.15) is 29.7 Å². The Labute approximate surface area is 116 Å². The molecule has 1 fully saturated rings. The first-order valence-corrected chi connectivity index (χ1v) is 7.24. The van der Waals surface area contributed by atoms with E-state index in [0.717, 1.165) is 26.2 Å². The van der Waals surface area contributed by atoms with Crippen molar-refractivity contribution in [1.29, 1.82) is 0 Å². The number of morpholine rings is 1. The average Bonchev–Trinajstić information content (AvgIpc) is 2.37. The van der Waals surface area contributed by atoms with E-state index in [1.165, 1.54) is 16.7 Å². The number of nitrogens with zero attached hydrogens (tertiary/aromatic N) is 1. The molecular formula is C16H26N2O. The fourth-order valence-electron chi connectivity index (χ4n) is 3.12. The Morgan fingerprint density at radius 1 is 1.26 bits per heavy atom. The number of hydrogen-bond donors (Lipinski definition) is 1. The largest absolute Gasteiger partial charge is 0.374 e. The van der Waals surface area contributed by atoms with E-state index in [1.54, 1.807) is 0 Å². The fraction of sp³-hybridized carbons (Fsp3) is 0.625. The lowest BCUT2D eigenvalue weighted by Crippen LogP contribution is -2.48. The molecule has 1 aliphatic heterocycles. The van der Waals surface area contributed by atoms with Crippen LogP contribution in [0.3, 0.4) is 0 Å². The van der Waals surface area contributed by atoms with Gasteiger partial charge >= 0.3 is 0 Å². The van der Waals surface area contributed by atoms with Crippen molar-refractivity contribution in [1.82, 2.24) is 10.2 Å². The monoisotopic (exact) mass is 262 g/mol. The van der Waals surface area contributed by atoms with Crippen LogP contribution < -0.4 is 5.32 Å². The summed E-state index contributed by atoms with van der Waals surface area (Å²) in [5.74, 6) is 0. The van der Waals surface area contributed by atoms with Gasteiger partial charge in [-0.05, 0) is 33.0 Å². The molecule has 2 unspecified atom stereocenters. The zero-order valence-electron chi connectivity index (χ0n) is 12.6. The highest BCUT2D eigenvalue weighted by atomic mass is 16.5. The van der Waals surface area contributed by atoms with Gasteiger partial charge < -0.3 is 10.1 Å². The summed E-state index contributed by atoms with van der Waals surface area (Å²) in [6, 6.07) is 7.20. The maximum Gasteiger partial charge on any atom is 0.0896 e. The lowest BCUT2D eigenvalue weighted by atomic mass is 9.94. The number of likely N-dealkylation sites (N-methyl/N-ethyl adjacent to an activating group) is 2. The summed E-state index contributed by atoms with van der Waals surface area (Å²) in [6.45, 7) is 10.4. The molecule has 2 rings (SSSR count). The van der Waals surface area contributed by atoms with Gasteiger partial charge in [0.2, 0.25) is 0 Å². The van der Waals surface area contributed by atoms with Gasteiger partial charge in [0.25, 0.3) is 0 Å². The molecule has 1 aromatic carbocycles. The molecule has 0 spiro atoms. The van der Waals surface area contributed by atoms with E-state index >= 15 is 0 Å². The van der Waals surface area contributed by atoms with Crippen molar-refractivity contribution < 1.29 is 4.74 Å². The molecule has 0 aliphatic carbocycles. The van der Waals surface area contributed by atoms with Crippen molar-refractivity contribution in [3.05, 3.63) is 34.9 Å². The minimum absolute atomic E-state index is 0.236. The zero-order chi connectivity index (χ0) is 13.8. The van der Waals surface area contributed by atoms with Gasteiger partial charge in [0.05, 0.1) is 18.8 Å².